The summed E-state index contributed by atoms with van der Waals surface area (Å²) in [6.07, 6.45) is 0. The number of aromatic nitrogens is 1. The molecule has 0 bridgehead atoms. The maximum absolute atomic E-state index is 13.6. The second-order valence-corrected chi connectivity index (χ2v) is 6.95. The summed E-state index contributed by atoms with van der Waals surface area (Å²) in [7, 11) is 0. The van der Waals surface area contributed by atoms with Crippen LogP contribution in [0.2, 0.25) is 0 Å². The number of para-hydroxylation sites is 1. The Bertz CT molecular complexity index is 998. The molecule has 1 aliphatic rings. The molecule has 5 nitrogen and oxygen atoms in total. The molecule has 1 aliphatic heterocycles. The van der Waals surface area contributed by atoms with Crippen molar-refractivity contribution in [3.63, 3.8) is 0 Å². The average Bonchev–Trinajstić information content (AvgIpc) is 3.04. The average molecular weight is 375 g/mol. The SMILES string of the molecule is N#Cc1cc(N)c(N2CCN(c3ccccc3)CC2)n1Cc1cccc(F)c1. The lowest BCUT2D eigenvalue weighted by Gasteiger charge is -2.38. The first kappa shape index (κ1) is 17.9. The molecule has 0 amide bonds. The molecule has 1 aromatic heterocycles. The molecule has 1 fully saturated rings. The molecule has 0 atom stereocenters. The zero-order valence-electron chi connectivity index (χ0n) is 15.6. The number of anilines is 3. The molecule has 0 unspecified atom stereocenters. The van der Waals surface area contributed by atoms with E-state index >= 15 is 0 Å². The van der Waals surface area contributed by atoms with Gasteiger partial charge in [-0.25, -0.2) is 4.39 Å². The third-order valence-corrected chi connectivity index (χ3v) is 5.14. The first-order valence-corrected chi connectivity index (χ1v) is 9.34. The normalized spacial score (nSPS) is 14.1. The number of halogens is 1. The summed E-state index contributed by atoms with van der Waals surface area (Å²) >= 11 is 0. The van der Waals surface area contributed by atoms with Gasteiger partial charge in [0.25, 0.3) is 0 Å². The maximum Gasteiger partial charge on any atom is 0.133 e. The third kappa shape index (κ3) is 3.52. The highest BCUT2D eigenvalue weighted by atomic mass is 19.1. The van der Waals surface area contributed by atoms with E-state index in [-0.39, 0.29) is 5.82 Å². The summed E-state index contributed by atoms with van der Waals surface area (Å²) in [5, 5.41) is 9.55. The van der Waals surface area contributed by atoms with E-state index in [4.69, 9.17) is 5.73 Å². The highest BCUT2D eigenvalue weighted by molar-refractivity contribution is 5.69. The van der Waals surface area contributed by atoms with Crippen molar-refractivity contribution in [1.29, 1.82) is 5.26 Å². The quantitative estimate of drug-likeness (QED) is 0.759. The highest BCUT2D eigenvalue weighted by Crippen LogP contribution is 2.30. The fourth-order valence-corrected chi connectivity index (χ4v) is 3.80. The van der Waals surface area contributed by atoms with Crippen molar-refractivity contribution >= 4 is 17.2 Å². The number of nitrogen functional groups attached to an aromatic ring is 1. The van der Waals surface area contributed by atoms with E-state index in [0.717, 1.165) is 37.6 Å². The van der Waals surface area contributed by atoms with Crippen LogP contribution in [0.25, 0.3) is 0 Å². The summed E-state index contributed by atoms with van der Waals surface area (Å²) < 4.78 is 15.5. The zero-order valence-corrected chi connectivity index (χ0v) is 15.6. The van der Waals surface area contributed by atoms with Gasteiger partial charge in [0.15, 0.2) is 0 Å². The Morgan fingerprint density at radius 1 is 0.929 bits per heavy atom. The van der Waals surface area contributed by atoms with Crippen molar-refractivity contribution in [1.82, 2.24) is 4.57 Å². The number of piperazine rings is 1. The van der Waals surface area contributed by atoms with Gasteiger partial charge in [-0.1, -0.05) is 30.3 Å². The Hall–Kier alpha value is -3.46. The second kappa shape index (κ2) is 7.65. The number of benzene rings is 2. The second-order valence-electron chi connectivity index (χ2n) is 6.95. The lowest BCUT2D eigenvalue weighted by molar-refractivity contribution is 0.618. The van der Waals surface area contributed by atoms with Gasteiger partial charge >= 0.3 is 0 Å². The van der Waals surface area contributed by atoms with Crippen molar-refractivity contribution in [3.05, 3.63) is 77.7 Å². The highest BCUT2D eigenvalue weighted by Gasteiger charge is 2.24. The number of nitrogens with zero attached hydrogens (tertiary/aromatic N) is 4. The number of hydrogen-bond acceptors (Lipinski definition) is 4. The molecule has 2 heterocycles. The standard InChI is InChI=1S/C22H22FN5/c23-18-6-4-5-17(13-18)16-28-20(15-24)14-21(25)22(28)27-11-9-26(10-12-27)19-7-2-1-3-8-19/h1-8,13-14H,9-12,16,25H2. The van der Waals surface area contributed by atoms with Crippen molar-refractivity contribution in [2.45, 2.75) is 6.54 Å². The van der Waals surface area contributed by atoms with Gasteiger partial charge < -0.3 is 20.1 Å². The summed E-state index contributed by atoms with van der Waals surface area (Å²) in [4.78, 5) is 4.56. The van der Waals surface area contributed by atoms with Gasteiger partial charge in [0.05, 0.1) is 12.2 Å². The minimum absolute atomic E-state index is 0.283. The Balaban J connectivity index is 1.58. The molecule has 2 N–H and O–H groups in total. The van der Waals surface area contributed by atoms with Gasteiger partial charge in [-0.05, 0) is 35.9 Å². The summed E-state index contributed by atoms with van der Waals surface area (Å²) in [5.41, 5.74) is 9.36. The van der Waals surface area contributed by atoms with Crippen molar-refractivity contribution in [2.75, 3.05) is 41.7 Å². The minimum atomic E-state index is -0.283. The summed E-state index contributed by atoms with van der Waals surface area (Å²) in [6.45, 7) is 3.76. The first-order valence-electron chi connectivity index (χ1n) is 9.34. The lowest BCUT2D eigenvalue weighted by atomic mass is 10.2. The van der Waals surface area contributed by atoms with Crippen LogP contribution in [-0.2, 0) is 6.54 Å². The van der Waals surface area contributed by atoms with Crippen molar-refractivity contribution in [3.8, 4) is 6.07 Å². The zero-order chi connectivity index (χ0) is 19.5. The number of nitriles is 1. The van der Waals surface area contributed by atoms with Gasteiger partial charge in [0.1, 0.15) is 23.4 Å². The molecule has 142 valence electrons. The van der Waals surface area contributed by atoms with Crippen LogP contribution in [0.15, 0.2) is 60.7 Å². The Morgan fingerprint density at radius 3 is 2.32 bits per heavy atom. The van der Waals surface area contributed by atoms with Crippen molar-refractivity contribution < 1.29 is 4.39 Å². The van der Waals surface area contributed by atoms with E-state index in [0.29, 0.717) is 17.9 Å². The topological polar surface area (TPSA) is 61.2 Å². The summed E-state index contributed by atoms with van der Waals surface area (Å²) in [6, 6.07) is 20.7. The van der Waals surface area contributed by atoms with E-state index in [1.165, 1.54) is 17.8 Å². The number of nitrogens with two attached hydrogens (primary N) is 1. The van der Waals surface area contributed by atoms with Crippen LogP contribution >= 0.6 is 0 Å². The Morgan fingerprint density at radius 2 is 1.64 bits per heavy atom. The minimum Gasteiger partial charge on any atom is -0.396 e. The predicted octanol–water partition coefficient (Wildman–Crippen LogP) is 3.46. The van der Waals surface area contributed by atoms with E-state index in [1.807, 2.05) is 28.8 Å². The van der Waals surface area contributed by atoms with Crippen molar-refractivity contribution in [2.24, 2.45) is 0 Å². The van der Waals surface area contributed by atoms with Crippen LogP contribution in [0, 0.1) is 17.1 Å². The molecule has 4 rings (SSSR count). The van der Waals surface area contributed by atoms with Gasteiger partial charge in [-0.15, -0.1) is 0 Å². The fraction of sp³-hybridized carbons (Fsp3) is 0.227. The molecule has 0 spiro atoms. The van der Waals surface area contributed by atoms with Crippen LogP contribution in [0.4, 0.5) is 21.6 Å². The van der Waals surface area contributed by atoms with E-state index in [1.54, 1.807) is 12.1 Å². The molecule has 6 heteroatoms. The molecule has 0 saturated carbocycles. The number of hydrogen-bond donors (Lipinski definition) is 1. The van der Waals surface area contributed by atoms with Crippen LogP contribution in [0.3, 0.4) is 0 Å². The van der Waals surface area contributed by atoms with Crippen LogP contribution in [-0.4, -0.2) is 30.7 Å². The van der Waals surface area contributed by atoms with E-state index in [9.17, 15) is 9.65 Å². The van der Waals surface area contributed by atoms with Gasteiger partial charge in [-0.2, -0.15) is 5.26 Å². The van der Waals surface area contributed by atoms with E-state index < -0.39 is 0 Å². The molecular formula is C22H22FN5. The summed E-state index contributed by atoms with van der Waals surface area (Å²) in [5.74, 6) is 0.558. The lowest BCUT2D eigenvalue weighted by Crippen LogP contribution is -2.47. The smallest absolute Gasteiger partial charge is 0.133 e. The fourth-order valence-electron chi connectivity index (χ4n) is 3.80. The molecule has 3 aromatic rings. The van der Waals surface area contributed by atoms with E-state index in [2.05, 4.69) is 28.0 Å². The van der Waals surface area contributed by atoms with Crippen LogP contribution in [0.1, 0.15) is 11.3 Å². The molecule has 28 heavy (non-hydrogen) atoms. The van der Waals surface area contributed by atoms with Gasteiger partial charge in [-0.3, -0.25) is 0 Å². The Kier molecular flexibility index (Phi) is 4.90. The Labute approximate surface area is 164 Å². The largest absolute Gasteiger partial charge is 0.396 e. The van der Waals surface area contributed by atoms with Gasteiger partial charge in [0, 0.05) is 31.9 Å². The molecule has 0 aliphatic carbocycles. The van der Waals surface area contributed by atoms with Crippen LogP contribution < -0.4 is 15.5 Å². The van der Waals surface area contributed by atoms with Crippen LogP contribution in [0.5, 0.6) is 0 Å². The first-order chi connectivity index (χ1) is 13.7. The number of rotatable bonds is 4. The molecular weight excluding hydrogens is 353 g/mol. The predicted molar refractivity (Wildman–Crippen MR) is 110 cm³/mol. The third-order valence-electron chi connectivity index (χ3n) is 5.14. The van der Waals surface area contributed by atoms with Gasteiger partial charge in [0.2, 0.25) is 0 Å². The maximum atomic E-state index is 13.6. The molecule has 1 saturated heterocycles. The molecule has 0 radical (unpaired) electrons. The molecule has 2 aromatic carbocycles. The monoisotopic (exact) mass is 375 g/mol.